The van der Waals surface area contributed by atoms with Gasteiger partial charge in [-0.05, 0) is 6.07 Å². The standard InChI is InChI=1S/C19H20BrN3O10S2.Na/c1-9(2)19(28)34-17-14(21-35(31,32)13-7-5-4-6-11(13)23(29)30)16(25)22(17)15(18(26)27)12(8-20)33-10(3)24;/h4-7,9,14,17,21H,8H2,1-3H3,(H,26,27);/q;+1/p-1. The van der Waals surface area contributed by atoms with Crippen LogP contribution in [0.4, 0.5) is 5.69 Å². The average molecular weight is 616 g/mol. The van der Waals surface area contributed by atoms with Crippen LogP contribution in [0.1, 0.15) is 20.8 Å². The van der Waals surface area contributed by atoms with Gasteiger partial charge in [-0.25, -0.2) is 8.42 Å². The van der Waals surface area contributed by atoms with Crippen molar-refractivity contribution in [2.24, 2.45) is 5.92 Å². The number of alkyl halides is 1. The monoisotopic (exact) mass is 615 g/mol. The first kappa shape index (κ1) is 32.2. The molecule has 0 spiro atoms. The summed E-state index contributed by atoms with van der Waals surface area (Å²) in [5.74, 6) is -5.01. The number of ether oxygens (including phenoxy) is 1. The molecule has 1 heterocycles. The molecule has 190 valence electrons. The van der Waals surface area contributed by atoms with Crippen molar-refractivity contribution in [1.29, 1.82) is 0 Å². The normalized spacial score (nSPS) is 18.0. The summed E-state index contributed by atoms with van der Waals surface area (Å²) in [6.45, 7) is 4.06. The summed E-state index contributed by atoms with van der Waals surface area (Å²) in [7, 11) is -4.67. The topological polar surface area (TPSA) is 193 Å². The number of hydrogen-bond donors (Lipinski definition) is 1. The zero-order valence-corrected chi connectivity index (χ0v) is 24.6. The van der Waals surface area contributed by atoms with Crippen LogP contribution in [0.2, 0.25) is 0 Å². The third-order valence-electron chi connectivity index (χ3n) is 4.47. The van der Waals surface area contributed by atoms with Crippen LogP contribution in [0, 0.1) is 16.0 Å². The largest absolute Gasteiger partial charge is 1.00 e. The molecular formula is C19H19BrN3NaO10S2. The van der Waals surface area contributed by atoms with Gasteiger partial charge in [0, 0.05) is 18.9 Å². The molecule has 1 amide bonds. The molecule has 1 aromatic rings. The number of carboxylic acids is 1. The molecule has 36 heavy (non-hydrogen) atoms. The fourth-order valence-electron chi connectivity index (χ4n) is 2.91. The summed E-state index contributed by atoms with van der Waals surface area (Å²) in [6, 6.07) is 2.73. The van der Waals surface area contributed by atoms with Crippen LogP contribution in [0.15, 0.2) is 40.6 Å². The van der Waals surface area contributed by atoms with E-state index in [1.807, 2.05) is 4.72 Å². The molecule has 1 aromatic carbocycles. The number of likely N-dealkylation sites (tertiary alicyclic amines) is 1. The number of allylic oxidation sites excluding steroid dienone is 1. The number of nitro benzene ring substituents is 1. The maximum atomic E-state index is 13.0. The number of benzene rings is 1. The summed E-state index contributed by atoms with van der Waals surface area (Å²) < 4.78 is 32.7. The molecule has 13 nitrogen and oxygen atoms in total. The average Bonchev–Trinajstić information content (AvgIpc) is 2.78. The van der Waals surface area contributed by atoms with E-state index in [4.69, 9.17) is 4.74 Å². The van der Waals surface area contributed by atoms with E-state index in [1.165, 1.54) is 26.0 Å². The first-order valence-corrected chi connectivity index (χ1v) is 13.2. The van der Waals surface area contributed by atoms with Crippen LogP contribution < -0.4 is 39.4 Å². The van der Waals surface area contributed by atoms with E-state index in [9.17, 15) is 42.8 Å². The molecule has 0 aliphatic carbocycles. The van der Waals surface area contributed by atoms with Crippen molar-refractivity contribution in [2.45, 2.75) is 37.1 Å². The number of para-hydroxylation sites is 1. The Bertz CT molecular complexity index is 1220. The molecule has 2 unspecified atom stereocenters. The van der Waals surface area contributed by atoms with Gasteiger partial charge in [0.25, 0.3) is 5.69 Å². The van der Waals surface area contributed by atoms with E-state index in [2.05, 4.69) is 15.9 Å². The molecule has 1 aliphatic rings. The second kappa shape index (κ2) is 13.1. The van der Waals surface area contributed by atoms with E-state index in [-0.39, 0.29) is 34.9 Å². The number of carbonyl (C=O) groups is 4. The van der Waals surface area contributed by atoms with Crippen LogP contribution in [-0.4, -0.2) is 57.9 Å². The van der Waals surface area contributed by atoms with Crippen LogP contribution in [-0.2, 0) is 33.9 Å². The maximum Gasteiger partial charge on any atom is 1.00 e. The predicted octanol–water partition coefficient (Wildman–Crippen LogP) is -2.75. The Morgan fingerprint density at radius 3 is 2.33 bits per heavy atom. The Labute approximate surface area is 240 Å². The summed E-state index contributed by atoms with van der Waals surface area (Å²) in [4.78, 5) is 58.8. The molecule has 1 saturated heterocycles. The minimum absolute atomic E-state index is 0. The number of thioether (sulfide) groups is 1. The second-order valence-corrected chi connectivity index (χ2v) is 10.7. The molecule has 0 saturated carbocycles. The molecule has 2 rings (SSSR count). The minimum atomic E-state index is -4.67. The number of nitrogens with zero attached hydrogens (tertiary/aromatic N) is 2. The number of hydrogen-bond acceptors (Lipinski definition) is 11. The number of nitro groups is 1. The van der Waals surface area contributed by atoms with Crippen molar-refractivity contribution >= 4 is 66.4 Å². The fraction of sp³-hybridized carbons (Fsp3) is 0.368. The van der Waals surface area contributed by atoms with Gasteiger partial charge in [0.1, 0.15) is 22.9 Å². The van der Waals surface area contributed by atoms with E-state index in [0.717, 1.165) is 19.1 Å². The summed E-state index contributed by atoms with van der Waals surface area (Å²) in [6.07, 6.45) is 0. The number of carboxylic acid groups (broad SMARTS) is 1. The molecule has 0 bridgehead atoms. The molecule has 0 radical (unpaired) electrons. The molecule has 17 heteroatoms. The van der Waals surface area contributed by atoms with Crippen LogP contribution >= 0.6 is 27.7 Å². The van der Waals surface area contributed by atoms with Gasteiger partial charge < -0.3 is 14.6 Å². The van der Waals surface area contributed by atoms with Crippen LogP contribution in [0.25, 0.3) is 0 Å². The van der Waals surface area contributed by atoms with Crippen molar-refractivity contribution in [2.75, 3.05) is 5.33 Å². The number of halogens is 1. The van der Waals surface area contributed by atoms with Gasteiger partial charge in [0.05, 0.1) is 16.2 Å². The second-order valence-electron chi connectivity index (χ2n) is 7.30. The number of sulfonamides is 1. The first-order chi connectivity index (χ1) is 16.2. The van der Waals surface area contributed by atoms with Crippen molar-refractivity contribution < 1.29 is 71.9 Å². The molecule has 2 atom stereocenters. The van der Waals surface area contributed by atoms with Crippen molar-refractivity contribution in [3.05, 3.63) is 45.8 Å². The summed E-state index contributed by atoms with van der Waals surface area (Å²) >= 11 is 3.43. The van der Waals surface area contributed by atoms with Crippen molar-refractivity contribution in [1.82, 2.24) is 9.62 Å². The smallest absolute Gasteiger partial charge is 0.543 e. The maximum absolute atomic E-state index is 13.0. The zero-order chi connectivity index (χ0) is 26.7. The quantitative estimate of drug-likeness (QED) is 0.0419. The number of carbonyl (C=O) groups excluding carboxylic acids is 4. The Morgan fingerprint density at radius 2 is 1.86 bits per heavy atom. The first-order valence-electron chi connectivity index (χ1n) is 9.71. The van der Waals surface area contributed by atoms with E-state index in [1.54, 1.807) is 0 Å². The Morgan fingerprint density at radius 1 is 1.28 bits per heavy atom. The van der Waals surface area contributed by atoms with Crippen molar-refractivity contribution in [3.63, 3.8) is 0 Å². The Balaban J connectivity index is 0.00000648. The zero-order valence-electron chi connectivity index (χ0n) is 19.4. The van der Waals surface area contributed by atoms with Gasteiger partial charge in [0.2, 0.25) is 15.9 Å². The minimum Gasteiger partial charge on any atom is -0.543 e. The number of amides is 1. The molecule has 1 N–H and O–H groups in total. The number of esters is 1. The Kier molecular flexibility index (Phi) is 11.7. The van der Waals surface area contributed by atoms with Crippen molar-refractivity contribution in [3.8, 4) is 0 Å². The predicted molar refractivity (Wildman–Crippen MR) is 123 cm³/mol. The fourth-order valence-corrected chi connectivity index (χ4v) is 5.89. The van der Waals surface area contributed by atoms with Gasteiger partial charge in [-0.2, -0.15) is 4.72 Å². The molecule has 0 aromatic heterocycles. The van der Waals surface area contributed by atoms with E-state index < -0.39 is 77.3 Å². The molecule has 1 aliphatic heterocycles. The van der Waals surface area contributed by atoms with Gasteiger partial charge >= 0.3 is 35.5 Å². The number of nitrogens with one attached hydrogen (secondary N) is 1. The van der Waals surface area contributed by atoms with Crippen LogP contribution in [0.5, 0.6) is 0 Å². The summed E-state index contributed by atoms with van der Waals surface area (Å²) in [5.41, 5.74) is -1.63. The SMILES string of the molecule is CC(=O)OC(CBr)=C(C(=O)[O-])N1C(=O)C(NS(=O)(=O)c2ccccc2[N+](=O)[O-])C1SC(=O)C(C)C.[Na+]. The van der Waals surface area contributed by atoms with Gasteiger partial charge in [0.15, 0.2) is 10.0 Å². The third-order valence-corrected chi connectivity index (χ3v) is 7.90. The van der Waals surface area contributed by atoms with Crippen LogP contribution in [0.3, 0.4) is 0 Å². The molecular weight excluding hydrogens is 597 g/mol. The summed E-state index contributed by atoms with van der Waals surface area (Å²) in [5, 5.41) is 20.9. The van der Waals surface area contributed by atoms with Gasteiger partial charge in [-0.1, -0.05) is 53.7 Å². The molecule has 1 fully saturated rings. The Hall–Kier alpha value is -1.82. The van der Waals surface area contributed by atoms with E-state index >= 15 is 0 Å². The number of aliphatic carboxylic acids is 1. The van der Waals surface area contributed by atoms with Gasteiger partial charge in [-0.15, -0.1) is 0 Å². The van der Waals surface area contributed by atoms with E-state index in [0.29, 0.717) is 16.7 Å². The number of rotatable bonds is 10. The number of β-lactam (4-membered cyclic amide) rings is 1. The van der Waals surface area contributed by atoms with Gasteiger partial charge in [-0.3, -0.25) is 29.4 Å². The third kappa shape index (κ3) is 7.14.